The summed E-state index contributed by atoms with van der Waals surface area (Å²) in [6, 6.07) is 3.77. The average Bonchev–Trinajstić information content (AvgIpc) is 2.52. The highest BCUT2D eigenvalue weighted by Gasteiger charge is 2.34. The van der Waals surface area contributed by atoms with Gasteiger partial charge in [-0.1, -0.05) is 13.8 Å². The Morgan fingerprint density at radius 2 is 1.96 bits per heavy atom. The number of nitrogens with one attached hydrogen (secondary N) is 1. The first-order chi connectivity index (χ1) is 10.9. The van der Waals surface area contributed by atoms with Crippen LogP contribution in [0.3, 0.4) is 0 Å². The fraction of sp³-hybridized carbons (Fsp3) is 0.625. The second-order valence-electron chi connectivity index (χ2n) is 5.98. The number of benzene rings is 1. The number of phenolic OH excluding ortho intramolecular Hbond substituents is 2. The van der Waals surface area contributed by atoms with E-state index < -0.39 is 15.1 Å². The first kappa shape index (κ1) is 18.0. The van der Waals surface area contributed by atoms with Crippen molar-refractivity contribution in [3.8, 4) is 11.5 Å². The van der Waals surface area contributed by atoms with E-state index in [0.29, 0.717) is 19.4 Å². The van der Waals surface area contributed by atoms with Gasteiger partial charge in [-0.3, -0.25) is 0 Å². The molecule has 6 nitrogen and oxygen atoms in total. The van der Waals surface area contributed by atoms with Crippen LogP contribution >= 0.6 is 0 Å². The zero-order valence-electron chi connectivity index (χ0n) is 13.7. The van der Waals surface area contributed by atoms with Crippen LogP contribution in [0.4, 0.5) is 0 Å². The van der Waals surface area contributed by atoms with E-state index in [4.69, 9.17) is 0 Å². The van der Waals surface area contributed by atoms with E-state index in [1.54, 1.807) is 0 Å². The van der Waals surface area contributed by atoms with Gasteiger partial charge in [0.25, 0.3) is 0 Å². The molecule has 2 unspecified atom stereocenters. The standard InChI is InChI=1S/C16H26N2O4S/c1-3-18(4-2)11-12-9-14(7-8-17-12)23(21,22)16-6-5-13(19)10-15(16)20/h5-6,10,12,14,17,19-20H,3-4,7-9,11H2,1-2H3. The maximum atomic E-state index is 12.8. The average molecular weight is 342 g/mol. The van der Waals surface area contributed by atoms with E-state index >= 15 is 0 Å². The number of hydrogen-bond donors (Lipinski definition) is 3. The third kappa shape index (κ3) is 4.16. The molecule has 2 atom stereocenters. The minimum atomic E-state index is -3.61. The number of piperidine rings is 1. The lowest BCUT2D eigenvalue weighted by Gasteiger charge is -2.33. The van der Waals surface area contributed by atoms with E-state index in [1.807, 2.05) is 0 Å². The Morgan fingerprint density at radius 3 is 2.57 bits per heavy atom. The van der Waals surface area contributed by atoms with Crippen LogP contribution in [0.15, 0.2) is 23.1 Å². The molecule has 7 heteroatoms. The van der Waals surface area contributed by atoms with Gasteiger partial charge in [-0.2, -0.15) is 0 Å². The van der Waals surface area contributed by atoms with Gasteiger partial charge in [-0.15, -0.1) is 0 Å². The van der Waals surface area contributed by atoms with E-state index in [0.717, 1.165) is 25.7 Å². The lowest BCUT2D eigenvalue weighted by atomic mass is 10.0. The van der Waals surface area contributed by atoms with Gasteiger partial charge < -0.3 is 20.4 Å². The van der Waals surface area contributed by atoms with Crippen molar-refractivity contribution in [1.29, 1.82) is 0 Å². The fourth-order valence-corrected chi connectivity index (χ4v) is 4.99. The zero-order chi connectivity index (χ0) is 17.0. The van der Waals surface area contributed by atoms with Gasteiger partial charge >= 0.3 is 0 Å². The summed E-state index contributed by atoms with van der Waals surface area (Å²) in [5.74, 6) is -0.532. The quantitative estimate of drug-likeness (QED) is 0.723. The highest BCUT2D eigenvalue weighted by molar-refractivity contribution is 7.92. The molecule has 0 spiro atoms. The van der Waals surface area contributed by atoms with Crippen LogP contribution < -0.4 is 5.32 Å². The number of likely N-dealkylation sites (N-methyl/N-ethyl adjacent to an activating group) is 1. The Labute approximate surface area is 138 Å². The molecular weight excluding hydrogens is 316 g/mol. The van der Waals surface area contributed by atoms with Gasteiger partial charge in [0.15, 0.2) is 9.84 Å². The summed E-state index contributed by atoms with van der Waals surface area (Å²) in [6.45, 7) is 7.52. The van der Waals surface area contributed by atoms with Crippen LogP contribution in [0.25, 0.3) is 0 Å². The summed E-state index contributed by atoms with van der Waals surface area (Å²) in [5.41, 5.74) is 0. The molecular formula is C16H26N2O4S. The first-order valence-corrected chi connectivity index (χ1v) is 9.64. The zero-order valence-corrected chi connectivity index (χ0v) is 14.5. The summed E-state index contributed by atoms with van der Waals surface area (Å²) < 4.78 is 25.6. The van der Waals surface area contributed by atoms with Crippen LogP contribution in [-0.4, -0.2) is 61.0 Å². The van der Waals surface area contributed by atoms with Crippen molar-refractivity contribution < 1.29 is 18.6 Å². The minimum absolute atomic E-state index is 0.0937. The SMILES string of the molecule is CCN(CC)CC1CC(S(=O)(=O)c2ccc(O)cc2O)CCN1. The molecule has 0 aromatic heterocycles. The number of aromatic hydroxyl groups is 2. The third-order valence-electron chi connectivity index (χ3n) is 4.51. The normalized spacial score (nSPS) is 22.4. The number of nitrogens with zero attached hydrogens (tertiary/aromatic N) is 1. The summed E-state index contributed by atoms with van der Waals surface area (Å²) in [7, 11) is -3.61. The van der Waals surface area contributed by atoms with Crippen molar-refractivity contribution in [2.45, 2.75) is 42.9 Å². The Hall–Kier alpha value is -1.31. The Kier molecular flexibility index (Phi) is 5.89. The molecule has 1 aliphatic rings. The van der Waals surface area contributed by atoms with Crippen LogP contribution in [0.5, 0.6) is 11.5 Å². The summed E-state index contributed by atoms with van der Waals surface area (Å²) in [6.07, 6.45) is 1.05. The second kappa shape index (κ2) is 7.51. The van der Waals surface area contributed by atoms with Crippen molar-refractivity contribution in [1.82, 2.24) is 10.2 Å². The molecule has 1 aliphatic heterocycles. The maximum absolute atomic E-state index is 12.8. The highest BCUT2D eigenvalue weighted by Crippen LogP contribution is 2.32. The van der Waals surface area contributed by atoms with Crippen molar-refractivity contribution in [3.05, 3.63) is 18.2 Å². The second-order valence-corrected chi connectivity index (χ2v) is 8.18. The first-order valence-electron chi connectivity index (χ1n) is 8.10. The largest absolute Gasteiger partial charge is 0.508 e. The van der Waals surface area contributed by atoms with E-state index in [2.05, 4.69) is 24.1 Å². The predicted molar refractivity (Wildman–Crippen MR) is 89.6 cm³/mol. The molecule has 0 amide bonds. The van der Waals surface area contributed by atoms with Crippen molar-refractivity contribution >= 4 is 9.84 Å². The molecule has 1 aromatic rings. The topological polar surface area (TPSA) is 89.9 Å². The Bertz CT molecular complexity index is 629. The molecule has 0 bridgehead atoms. The summed E-state index contributed by atoms with van der Waals surface area (Å²) in [4.78, 5) is 2.17. The Morgan fingerprint density at radius 1 is 1.26 bits per heavy atom. The molecule has 0 aliphatic carbocycles. The van der Waals surface area contributed by atoms with Gasteiger partial charge in [0.2, 0.25) is 0 Å². The number of hydrogen-bond acceptors (Lipinski definition) is 6. The molecule has 0 saturated carbocycles. The molecule has 23 heavy (non-hydrogen) atoms. The van der Waals surface area contributed by atoms with E-state index in [-0.39, 0.29) is 22.4 Å². The third-order valence-corrected chi connectivity index (χ3v) is 6.77. The van der Waals surface area contributed by atoms with Crippen LogP contribution in [0, 0.1) is 0 Å². The lowest BCUT2D eigenvalue weighted by molar-refractivity contribution is 0.243. The number of sulfone groups is 1. The van der Waals surface area contributed by atoms with E-state index in [9.17, 15) is 18.6 Å². The monoisotopic (exact) mass is 342 g/mol. The summed E-state index contributed by atoms with van der Waals surface area (Å²) in [5, 5.41) is 22.1. The molecule has 1 aromatic carbocycles. The molecule has 2 rings (SSSR count). The van der Waals surface area contributed by atoms with Gasteiger partial charge in [0.1, 0.15) is 16.4 Å². The lowest BCUT2D eigenvalue weighted by Crippen LogP contribution is -2.49. The van der Waals surface area contributed by atoms with Crippen molar-refractivity contribution in [3.63, 3.8) is 0 Å². The van der Waals surface area contributed by atoms with Crippen LogP contribution in [-0.2, 0) is 9.84 Å². The van der Waals surface area contributed by atoms with Crippen LogP contribution in [0.2, 0.25) is 0 Å². The molecule has 1 saturated heterocycles. The highest BCUT2D eigenvalue weighted by atomic mass is 32.2. The van der Waals surface area contributed by atoms with Crippen molar-refractivity contribution in [2.75, 3.05) is 26.2 Å². The molecule has 130 valence electrons. The molecule has 0 radical (unpaired) electrons. The smallest absolute Gasteiger partial charge is 0.184 e. The maximum Gasteiger partial charge on any atom is 0.184 e. The van der Waals surface area contributed by atoms with E-state index in [1.165, 1.54) is 12.1 Å². The minimum Gasteiger partial charge on any atom is -0.508 e. The van der Waals surface area contributed by atoms with Gasteiger partial charge in [-0.25, -0.2) is 8.42 Å². The van der Waals surface area contributed by atoms with Gasteiger partial charge in [-0.05, 0) is 44.6 Å². The van der Waals surface area contributed by atoms with Crippen LogP contribution in [0.1, 0.15) is 26.7 Å². The van der Waals surface area contributed by atoms with Gasteiger partial charge in [0.05, 0.1) is 5.25 Å². The number of rotatable bonds is 6. The molecule has 1 heterocycles. The predicted octanol–water partition coefficient (Wildman–Crippen LogP) is 1.33. The Balaban J connectivity index is 2.16. The van der Waals surface area contributed by atoms with Crippen molar-refractivity contribution in [2.24, 2.45) is 0 Å². The fourth-order valence-electron chi connectivity index (χ4n) is 3.11. The summed E-state index contributed by atoms with van der Waals surface area (Å²) >= 11 is 0. The number of phenols is 2. The molecule has 3 N–H and O–H groups in total. The molecule has 1 fully saturated rings. The van der Waals surface area contributed by atoms with Gasteiger partial charge in [0, 0.05) is 18.7 Å².